The van der Waals surface area contributed by atoms with E-state index in [2.05, 4.69) is 4.98 Å². The summed E-state index contributed by atoms with van der Waals surface area (Å²) < 4.78 is 0. The average molecular weight is 383 g/mol. The summed E-state index contributed by atoms with van der Waals surface area (Å²) in [5, 5.41) is 7.60. The SMILES string of the molecule is CN(Cc1cccc(Cl)c1Cl)C(=O)c1csc(-c2ccsc2)n1. The molecule has 1 aromatic carbocycles. The van der Waals surface area contributed by atoms with E-state index in [0.717, 1.165) is 16.1 Å². The molecule has 0 atom stereocenters. The van der Waals surface area contributed by atoms with Gasteiger partial charge in [-0.05, 0) is 23.1 Å². The lowest BCUT2D eigenvalue weighted by Gasteiger charge is -2.17. The Kier molecular flexibility index (Phi) is 5.02. The number of aromatic nitrogens is 1. The van der Waals surface area contributed by atoms with Crippen LogP contribution in [-0.2, 0) is 6.54 Å². The van der Waals surface area contributed by atoms with Crippen LogP contribution in [0.3, 0.4) is 0 Å². The van der Waals surface area contributed by atoms with E-state index >= 15 is 0 Å². The predicted octanol–water partition coefficient (Wildman–Crippen LogP) is 5.45. The fraction of sp³-hybridized carbons (Fsp3) is 0.125. The Morgan fingerprint density at radius 1 is 1.26 bits per heavy atom. The van der Waals surface area contributed by atoms with E-state index < -0.39 is 0 Å². The van der Waals surface area contributed by atoms with Crippen molar-refractivity contribution in [2.24, 2.45) is 0 Å². The maximum absolute atomic E-state index is 12.5. The van der Waals surface area contributed by atoms with Crippen molar-refractivity contribution in [2.45, 2.75) is 6.54 Å². The van der Waals surface area contributed by atoms with Gasteiger partial charge in [0, 0.05) is 29.9 Å². The Morgan fingerprint density at radius 3 is 2.83 bits per heavy atom. The summed E-state index contributed by atoms with van der Waals surface area (Å²) in [5.41, 5.74) is 2.29. The number of rotatable bonds is 4. The van der Waals surface area contributed by atoms with Crippen LogP contribution in [0.4, 0.5) is 0 Å². The summed E-state index contributed by atoms with van der Waals surface area (Å²) in [4.78, 5) is 18.5. The van der Waals surface area contributed by atoms with Crippen LogP contribution in [0.1, 0.15) is 16.1 Å². The van der Waals surface area contributed by atoms with Gasteiger partial charge in [0.2, 0.25) is 0 Å². The van der Waals surface area contributed by atoms with Gasteiger partial charge in [-0.25, -0.2) is 4.98 Å². The van der Waals surface area contributed by atoms with Gasteiger partial charge in [0.15, 0.2) is 0 Å². The smallest absolute Gasteiger partial charge is 0.273 e. The second kappa shape index (κ2) is 7.01. The molecule has 3 aromatic rings. The molecule has 0 spiro atoms. The zero-order valence-corrected chi connectivity index (χ0v) is 15.3. The topological polar surface area (TPSA) is 33.2 Å². The van der Waals surface area contributed by atoms with Crippen LogP contribution in [0.15, 0.2) is 40.4 Å². The number of amides is 1. The molecule has 0 fully saturated rings. The molecule has 2 heterocycles. The van der Waals surface area contributed by atoms with Crippen LogP contribution < -0.4 is 0 Å². The average Bonchev–Trinajstić information content (AvgIpc) is 3.21. The van der Waals surface area contributed by atoms with Crippen LogP contribution >= 0.6 is 45.9 Å². The molecule has 118 valence electrons. The number of halogens is 2. The standard InChI is InChI=1S/C16H12Cl2N2OS2/c1-20(7-10-3-2-4-12(17)14(10)18)16(21)13-9-23-15(19-13)11-5-6-22-8-11/h2-6,8-9H,7H2,1H3. The van der Waals surface area contributed by atoms with Gasteiger partial charge in [-0.15, -0.1) is 11.3 Å². The lowest BCUT2D eigenvalue weighted by atomic mass is 10.2. The highest BCUT2D eigenvalue weighted by Gasteiger charge is 2.17. The third-order valence-electron chi connectivity index (χ3n) is 3.28. The Bertz CT molecular complexity index is 830. The van der Waals surface area contributed by atoms with Gasteiger partial charge in [0.25, 0.3) is 5.91 Å². The first-order chi connectivity index (χ1) is 11.1. The number of hydrogen-bond acceptors (Lipinski definition) is 4. The molecule has 3 rings (SSSR count). The van der Waals surface area contributed by atoms with Gasteiger partial charge in [-0.1, -0.05) is 35.3 Å². The Morgan fingerprint density at radius 2 is 2.09 bits per heavy atom. The zero-order valence-electron chi connectivity index (χ0n) is 12.1. The first-order valence-electron chi connectivity index (χ1n) is 6.72. The van der Waals surface area contributed by atoms with E-state index in [0.29, 0.717) is 22.3 Å². The van der Waals surface area contributed by atoms with Crippen LogP contribution in [-0.4, -0.2) is 22.8 Å². The molecule has 2 aromatic heterocycles. The fourth-order valence-electron chi connectivity index (χ4n) is 2.08. The number of carbonyl (C=O) groups is 1. The van der Waals surface area contributed by atoms with Gasteiger partial charge in [-0.2, -0.15) is 11.3 Å². The third-order valence-corrected chi connectivity index (χ3v) is 5.71. The zero-order chi connectivity index (χ0) is 16.4. The molecular formula is C16H12Cl2N2OS2. The first kappa shape index (κ1) is 16.5. The number of nitrogens with zero attached hydrogens (tertiary/aromatic N) is 2. The van der Waals surface area contributed by atoms with E-state index in [1.807, 2.05) is 29.0 Å². The second-order valence-electron chi connectivity index (χ2n) is 4.92. The number of benzene rings is 1. The largest absolute Gasteiger partial charge is 0.336 e. The summed E-state index contributed by atoms with van der Waals surface area (Å²) in [6.45, 7) is 0.379. The minimum absolute atomic E-state index is 0.140. The minimum atomic E-state index is -0.140. The molecule has 0 saturated carbocycles. The van der Waals surface area contributed by atoms with Gasteiger partial charge in [0.05, 0.1) is 10.0 Å². The van der Waals surface area contributed by atoms with Gasteiger partial charge in [0.1, 0.15) is 10.7 Å². The Labute approximate surface area is 152 Å². The van der Waals surface area contributed by atoms with Crippen molar-refractivity contribution in [1.29, 1.82) is 0 Å². The van der Waals surface area contributed by atoms with Crippen molar-refractivity contribution in [3.63, 3.8) is 0 Å². The van der Waals surface area contributed by atoms with Gasteiger partial charge in [-0.3, -0.25) is 4.79 Å². The molecule has 0 unspecified atom stereocenters. The van der Waals surface area contributed by atoms with Crippen molar-refractivity contribution in [2.75, 3.05) is 7.05 Å². The molecule has 1 amide bonds. The number of hydrogen-bond donors (Lipinski definition) is 0. The normalized spacial score (nSPS) is 10.7. The monoisotopic (exact) mass is 382 g/mol. The Hall–Kier alpha value is -1.40. The van der Waals surface area contributed by atoms with E-state index in [1.54, 1.807) is 34.7 Å². The molecule has 23 heavy (non-hydrogen) atoms. The second-order valence-corrected chi connectivity index (χ2v) is 7.35. The third kappa shape index (κ3) is 3.58. The molecule has 7 heteroatoms. The quantitative estimate of drug-likeness (QED) is 0.600. The summed E-state index contributed by atoms with van der Waals surface area (Å²) in [5.74, 6) is -0.140. The molecule has 3 nitrogen and oxygen atoms in total. The molecule has 0 aliphatic rings. The van der Waals surface area contributed by atoms with Crippen LogP contribution in [0.5, 0.6) is 0 Å². The molecule has 0 radical (unpaired) electrons. The molecule has 0 saturated heterocycles. The molecular weight excluding hydrogens is 371 g/mol. The van der Waals surface area contributed by atoms with E-state index in [9.17, 15) is 4.79 Å². The van der Waals surface area contributed by atoms with Crippen molar-refractivity contribution in [1.82, 2.24) is 9.88 Å². The van der Waals surface area contributed by atoms with Crippen molar-refractivity contribution in [3.8, 4) is 10.6 Å². The van der Waals surface area contributed by atoms with E-state index in [-0.39, 0.29) is 5.91 Å². The van der Waals surface area contributed by atoms with Crippen LogP contribution in [0.25, 0.3) is 10.6 Å². The van der Waals surface area contributed by atoms with Crippen molar-refractivity contribution >= 4 is 51.8 Å². The molecule has 0 bridgehead atoms. The van der Waals surface area contributed by atoms with Gasteiger partial charge < -0.3 is 4.90 Å². The fourth-order valence-corrected chi connectivity index (χ4v) is 3.97. The maximum Gasteiger partial charge on any atom is 0.273 e. The van der Waals surface area contributed by atoms with Crippen molar-refractivity contribution < 1.29 is 4.79 Å². The summed E-state index contributed by atoms with van der Waals surface area (Å²) in [6.07, 6.45) is 0. The highest BCUT2D eigenvalue weighted by atomic mass is 35.5. The van der Waals surface area contributed by atoms with E-state index in [1.165, 1.54) is 11.3 Å². The van der Waals surface area contributed by atoms with Crippen LogP contribution in [0, 0.1) is 0 Å². The molecule has 0 N–H and O–H groups in total. The molecule has 0 aliphatic heterocycles. The molecule has 0 aliphatic carbocycles. The van der Waals surface area contributed by atoms with Crippen LogP contribution in [0.2, 0.25) is 10.0 Å². The lowest BCUT2D eigenvalue weighted by Crippen LogP contribution is -2.26. The summed E-state index contributed by atoms with van der Waals surface area (Å²) in [6, 6.07) is 7.39. The summed E-state index contributed by atoms with van der Waals surface area (Å²) >= 11 is 15.3. The Balaban J connectivity index is 1.76. The first-order valence-corrected chi connectivity index (χ1v) is 9.30. The van der Waals surface area contributed by atoms with Crippen molar-refractivity contribution in [3.05, 3.63) is 61.7 Å². The predicted molar refractivity (Wildman–Crippen MR) is 97.7 cm³/mol. The number of thiazole rings is 1. The lowest BCUT2D eigenvalue weighted by molar-refractivity contribution is 0.0780. The maximum atomic E-state index is 12.5. The highest BCUT2D eigenvalue weighted by molar-refractivity contribution is 7.14. The number of thiophene rings is 1. The highest BCUT2D eigenvalue weighted by Crippen LogP contribution is 2.28. The van der Waals surface area contributed by atoms with Gasteiger partial charge >= 0.3 is 0 Å². The number of carbonyl (C=O) groups excluding carboxylic acids is 1. The minimum Gasteiger partial charge on any atom is -0.336 e. The van der Waals surface area contributed by atoms with E-state index in [4.69, 9.17) is 23.2 Å². The summed E-state index contributed by atoms with van der Waals surface area (Å²) in [7, 11) is 1.73.